The molecule has 20 heavy (non-hydrogen) atoms. The minimum Gasteiger partial charge on any atom is -0.354 e. The Morgan fingerprint density at radius 2 is 1.85 bits per heavy atom. The number of aromatic nitrogens is 2. The van der Waals surface area contributed by atoms with Crippen molar-refractivity contribution in [2.75, 3.05) is 39.0 Å². The molecule has 1 heterocycles. The number of anilines is 1. The molecular formula is C12H23N5O2S. The van der Waals surface area contributed by atoms with E-state index in [1.807, 2.05) is 25.9 Å². The minimum absolute atomic E-state index is 0.0874. The summed E-state index contributed by atoms with van der Waals surface area (Å²) in [6.45, 7) is 4.02. The van der Waals surface area contributed by atoms with Crippen LogP contribution < -0.4 is 10.0 Å². The first-order chi connectivity index (χ1) is 9.45. The molecule has 0 amide bonds. The molecule has 0 atom stereocenters. The van der Waals surface area contributed by atoms with E-state index in [0.29, 0.717) is 12.5 Å². The molecule has 0 fully saturated rings. The van der Waals surface area contributed by atoms with E-state index in [0.717, 1.165) is 25.9 Å². The van der Waals surface area contributed by atoms with E-state index in [9.17, 15) is 8.42 Å². The third-order valence-electron chi connectivity index (χ3n) is 2.55. The molecule has 7 nitrogen and oxygen atoms in total. The summed E-state index contributed by atoms with van der Waals surface area (Å²) in [6, 6.07) is 0. The Morgan fingerprint density at radius 1 is 1.20 bits per heavy atom. The van der Waals surface area contributed by atoms with Crippen molar-refractivity contribution in [2.45, 2.75) is 24.7 Å². The van der Waals surface area contributed by atoms with Crippen molar-refractivity contribution in [3.8, 4) is 0 Å². The minimum atomic E-state index is -3.52. The van der Waals surface area contributed by atoms with Gasteiger partial charge in [0.15, 0.2) is 0 Å². The van der Waals surface area contributed by atoms with Gasteiger partial charge in [0.1, 0.15) is 4.90 Å². The van der Waals surface area contributed by atoms with Crippen molar-refractivity contribution in [1.82, 2.24) is 19.6 Å². The highest BCUT2D eigenvalue weighted by Crippen LogP contribution is 2.07. The summed E-state index contributed by atoms with van der Waals surface area (Å²) in [5, 5.41) is 2.99. The number of rotatable bonds is 9. The second-order valence-corrected chi connectivity index (χ2v) is 6.49. The maximum Gasteiger partial charge on any atom is 0.243 e. The molecule has 0 saturated heterocycles. The number of sulfonamides is 1. The van der Waals surface area contributed by atoms with Crippen molar-refractivity contribution >= 4 is 16.0 Å². The summed E-state index contributed by atoms with van der Waals surface area (Å²) in [5.41, 5.74) is 0. The normalized spacial score (nSPS) is 11.8. The average Bonchev–Trinajstić information content (AvgIpc) is 2.42. The lowest BCUT2D eigenvalue weighted by Gasteiger charge is -2.10. The van der Waals surface area contributed by atoms with Gasteiger partial charge < -0.3 is 10.2 Å². The van der Waals surface area contributed by atoms with Gasteiger partial charge in [-0.15, -0.1) is 0 Å². The van der Waals surface area contributed by atoms with Gasteiger partial charge in [0.25, 0.3) is 0 Å². The lowest BCUT2D eigenvalue weighted by Crippen LogP contribution is -2.27. The van der Waals surface area contributed by atoms with Gasteiger partial charge in [-0.25, -0.2) is 23.1 Å². The number of nitrogens with one attached hydrogen (secondary N) is 2. The van der Waals surface area contributed by atoms with Crippen LogP contribution in [0.25, 0.3) is 0 Å². The van der Waals surface area contributed by atoms with Crippen LogP contribution in [0.15, 0.2) is 17.3 Å². The fourth-order valence-electron chi connectivity index (χ4n) is 1.47. The molecule has 2 N–H and O–H groups in total. The number of nitrogens with zero attached hydrogens (tertiary/aromatic N) is 3. The third-order valence-corrected chi connectivity index (χ3v) is 3.96. The Kier molecular flexibility index (Phi) is 6.83. The first-order valence-corrected chi connectivity index (χ1v) is 8.14. The van der Waals surface area contributed by atoms with Crippen LogP contribution in [0.1, 0.15) is 19.8 Å². The number of hydrogen-bond donors (Lipinski definition) is 2. The molecule has 8 heteroatoms. The summed E-state index contributed by atoms with van der Waals surface area (Å²) < 4.78 is 26.5. The predicted molar refractivity (Wildman–Crippen MR) is 79.2 cm³/mol. The van der Waals surface area contributed by atoms with Crippen molar-refractivity contribution in [3.63, 3.8) is 0 Å². The molecule has 1 aromatic rings. The Bertz CT molecular complexity index is 487. The quantitative estimate of drug-likeness (QED) is 0.647. The molecule has 0 spiro atoms. The summed E-state index contributed by atoms with van der Waals surface area (Å²) in [5.74, 6) is 0.443. The monoisotopic (exact) mass is 301 g/mol. The maximum atomic E-state index is 12.0. The highest BCUT2D eigenvalue weighted by Gasteiger charge is 2.14. The van der Waals surface area contributed by atoms with Gasteiger partial charge in [0.2, 0.25) is 16.0 Å². The topological polar surface area (TPSA) is 87.2 Å². The standard InChI is InChI=1S/C12H23N5O2S/c1-4-6-13-12-14-9-11(10-15-12)20(18,19)16-7-5-8-17(2)3/h9-10,16H,4-8H2,1-3H3,(H,13,14,15). The van der Waals surface area contributed by atoms with Crippen LogP contribution in [0.4, 0.5) is 5.95 Å². The highest BCUT2D eigenvalue weighted by molar-refractivity contribution is 7.89. The fraction of sp³-hybridized carbons (Fsp3) is 0.667. The summed E-state index contributed by atoms with van der Waals surface area (Å²) in [7, 11) is 0.381. The molecule has 0 aliphatic heterocycles. The molecule has 0 unspecified atom stereocenters. The Labute approximate surface area is 120 Å². The fourth-order valence-corrected chi connectivity index (χ4v) is 2.43. The molecule has 0 saturated carbocycles. The molecular weight excluding hydrogens is 278 g/mol. The van der Waals surface area contributed by atoms with Gasteiger partial charge >= 0.3 is 0 Å². The van der Waals surface area contributed by atoms with Crippen LogP contribution in [-0.4, -0.2) is 57.0 Å². The van der Waals surface area contributed by atoms with Crippen LogP contribution in [0.5, 0.6) is 0 Å². The van der Waals surface area contributed by atoms with Crippen molar-refractivity contribution < 1.29 is 8.42 Å². The Morgan fingerprint density at radius 3 is 2.40 bits per heavy atom. The van der Waals surface area contributed by atoms with E-state index in [1.54, 1.807) is 0 Å². The number of hydrogen-bond acceptors (Lipinski definition) is 6. The van der Waals surface area contributed by atoms with Crippen molar-refractivity contribution in [2.24, 2.45) is 0 Å². The van der Waals surface area contributed by atoms with Gasteiger partial charge in [-0.2, -0.15) is 0 Å². The van der Waals surface area contributed by atoms with Gasteiger partial charge in [-0.3, -0.25) is 0 Å². The molecule has 0 aliphatic carbocycles. The maximum absolute atomic E-state index is 12.0. The molecule has 1 rings (SSSR count). The lowest BCUT2D eigenvalue weighted by atomic mass is 10.4. The predicted octanol–water partition coefficient (Wildman–Crippen LogP) is 0.529. The van der Waals surface area contributed by atoms with Gasteiger partial charge in [-0.1, -0.05) is 6.92 Å². The van der Waals surface area contributed by atoms with Crippen LogP contribution in [0.3, 0.4) is 0 Å². The SMILES string of the molecule is CCCNc1ncc(S(=O)(=O)NCCCN(C)C)cn1. The largest absolute Gasteiger partial charge is 0.354 e. The molecule has 114 valence electrons. The molecule has 1 aromatic heterocycles. The van der Waals surface area contributed by atoms with E-state index in [2.05, 4.69) is 20.0 Å². The smallest absolute Gasteiger partial charge is 0.243 e. The molecule has 0 aromatic carbocycles. The Balaban J connectivity index is 2.54. The zero-order valence-electron chi connectivity index (χ0n) is 12.3. The molecule has 0 bridgehead atoms. The van der Waals surface area contributed by atoms with Crippen molar-refractivity contribution in [3.05, 3.63) is 12.4 Å². The molecule has 0 radical (unpaired) electrons. The third kappa shape index (κ3) is 5.81. The van der Waals surface area contributed by atoms with Gasteiger partial charge in [-0.05, 0) is 33.5 Å². The summed E-state index contributed by atoms with van der Waals surface area (Å²) in [4.78, 5) is 10.1. The second kappa shape index (κ2) is 8.13. The van der Waals surface area contributed by atoms with Crippen LogP contribution in [-0.2, 0) is 10.0 Å². The molecule has 0 aliphatic rings. The first kappa shape index (κ1) is 16.8. The lowest BCUT2D eigenvalue weighted by molar-refractivity contribution is 0.400. The van der Waals surface area contributed by atoms with E-state index < -0.39 is 10.0 Å². The first-order valence-electron chi connectivity index (χ1n) is 6.66. The second-order valence-electron chi connectivity index (χ2n) is 4.72. The van der Waals surface area contributed by atoms with Gasteiger partial charge in [0, 0.05) is 13.1 Å². The zero-order valence-corrected chi connectivity index (χ0v) is 13.1. The van der Waals surface area contributed by atoms with Crippen LogP contribution in [0.2, 0.25) is 0 Å². The Hall–Kier alpha value is -1.25. The van der Waals surface area contributed by atoms with Crippen LogP contribution >= 0.6 is 0 Å². The van der Waals surface area contributed by atoms with Crippen LogP contribution in [0, 0.1) is 0 Å². The highest BCUT2D eigenvalue weighted by atomic mass is 32.2. The van der Waals surface area contributed by atoms with Crippen molar-refractivity contribution in [1.29, 1.82) is 0 Å². The van der Waals surface area contributed by atoms with E-state index in [4.69, 9.17) is 0 Å². The summed E-state index contributed by atoms with van der Waals surface area (Å²) in [6.07, 6.45) is 4.35. The average molecular weight is 301 g/mol. The van der Waals surface area contributed by atoms with Gasteiger partial charge in [0.05, 0.1) is 12.4 Å². The zero-order chi connectivity index (χ0) is 15.0. The van der Waals surface area contributed by atoms with E-state index >= 15 is 0 Å². The van der Waals surface area contributed by atoms with E-state index in [1.165, 1.54) is 12.4 Å². The summed E-state index contributed by atoms with van der Waals surface area (Å²) >= 11 is 0. The van der Waals surface area contributed by atoms with E-state index in [-0.39, 0.29) is 4.90 Å².